The van der Waals surface area contributed by atoms with Crippen molar-refractivity contribution in [3.05, 3.63) is 31.9 Å². The summed E-state index contributed by atoms with van der Waals surface area (Å²) in [5.74, 6) is 1.25. The van der Waals surface area contributed by atoms with Gasteiger partial charge in [0.25, 0.3) is 11.5 Å². The first-order valence-corrected chi connectivity index (χ1v) is 12.7. The monoisotopic (exact) mass is 472 g/mol. The van der Waals surface area contributed by atoms with E-state index < -0.39 is 0 Å². The molecule has 32 heavy (non-hydrogen) atoms. The maximum atomic E-state index is 13.1. The second kappa shape index (κ2) is 10.7. The molecule has 0 aromatic carbocycles. The molecule has 0 radical (unpaired) electrons. The molecule has 1 aromatic heterocycles. The Bertz CT molecular complexity index is 1040. The molecule has 3 heterocycles. The van der Waals surface area contributed by atoms with E-state index in [-0.39, 0.29) is 17.0 Å². The first-order valence-electron chi connectivity index (χ1n) is 11.5. The van der Waals surface area contributed by atoms with Crippen molar-refractivity contribution in [1.29, 1.82) is 5.26 Å². The van der Waals surface area contributed by atoms with E-state index in [1.807, 2.05) is 19.9 Å². The zero-order chi connectivity index (χ0) is 23.4. The predicted molar refractivity (Wildman–Crippen MR) is 136 cm³/mol. The molecule has 2 saturated heterocycles. The average molecular weight is 473 g/mol. The van der Waals surface area contributed by atoms with Crippen molar-refractivity contribution in [2.75, 3.05) is 24.5 Å². The largest absolute Gasteiger partial charge is 0.357 e. The van der Waals surface area contributed by atoms with Crippen LogP contribution in [0.3, 0.4) is 0 Å². The SMILES string of the molecule is CCCCCN1C(=O)/C(=C/c2c(C)c(C#N)c(=O)n(CC)c2N2CCCC(C)C2)SC1=S. The van der Waals surface area contributed by atoms with E-state index in [1.54, 1.807) is 9.47 Å². The van der Waals surface area contributed by atoms with Crippen LogP contribution in [-0.2, 0) is 11.3 Å². The lowest BCUT2D eigenvalue weighted by molar-refractivity contribution is -0.122. The van der Waals surface area contributed by atoms with Gasteiger partial charge in [-0.05, 0) is 50.7 Å². The minimum absolute atomic E-state index is 0.0822. The number of anilines is 1. The molecule has 0 N–H and O–H groups in total. The number of nitrogens with zero attached hydrogens (tertiary/aromatic N) is 4. The molecule has 1 unspecified atom stereocenters. The average Bonchev–Trinajstić information content (AvgIpc) is 3.03. The molecule has 2 aliphatic rings. The van der Waals surface area contributed by atoms with Crippen molar-refractivity contribution >= 4 is 46.1 Å². The molecule has 2 aliphatic heterocycles. The molecule has 2 fully saturated rings. The van der Waals surface area contributed by atoms with Gasteiger partial charge in [-0.2, -0.15) is 5.26 Å². The maximum Gasteiger partial charge on any atom is 0.270 e. The minimum atomic E-state index is -0.259. The summed E-state index contributed by atoms with van der Waals surface area (Å²) >= 11 is 6.80. The molecule has 0 saturated carbocycles. The summed E-state index contributed by atoms with van der Waals surface area (Å²) < 4.78 is 2.27. The Hall–Kier alpha value is -2.11. The summed E-state index contributed by atoms with van der Waals surface area (Å²) in [7, 11) is 0. The Morgan fingerprint density at radius 1 is 1.28 bits per heavy atom. The molecule has 3 rings (SSSR count). The predicted octanol–water partition coefficient (Wildman–Crippen LogP) is 4.68. The Labute approximate surface area is 200 Å². The zero-order valence-corrected chi connectivity index (χ0v) is 21.1. The Kier molecular flexibility index (Phi) is 8.18. The van der Waals surface area contributed by atoms with Gasteiger partial charge < -0.3 is 4.90 Å². The van der Waals surface area contributed by atoms with Gasteiger partial charge in [-0.25, -0.2) is 0 Å². The van der Waals surface area contributed by atoms with E-state index >= 15 is 0 Å². The van der Waals surface area contributed by atoms with Gasteiger partial charge in [0, 0.05) is 31.7 Å². The summed E-state index contributed by atoms with van der Waals surface area (Å²) in [5.41, 5.74) is 1.30. The molecule has 0 spiro atoms. The van der Waals surface area contributed by atoms with Crippen LogP contribution >= 0.6 is 24.0 Å². The van der Waals surface area contributed by atoms with Crippen LogP contribution in [0.15, 0.2) is 9.70 Å². The van der Waals surface area contributed by atoms with Gasteiger partial charge >= 0.3 is 0 Å². The Morgan fingerprint density at radius 3 is 2.66 bits per heavy atom. The van der Waals surface area contributed by atoms with Crippen LogP contribution in [0.2, 0.25) is 0 Å². The van der Waals surface area contributed by atoms with Crippen molar-refractivity contribution in [2.24, 2.45) is 5.92 Å². The topological polar surface area (TPSA) is 69.3 Å². The van der Waals surface area contributed by atoms with Gasteiger partial charge in [-0.1, -0.05) is 50.7 Å². The number of unbranched alkanes of at least 4 members (excludes halogenated alkanes) is 2. The number of thiocarbonyl (C=S) groups is 1. The highest BCUT2D eigenvalue weighted by Crippen LogP contribution is 2.36. The van der Waals surface area contributed by atoms with E-state index in [9.17, 15) is 14.9 Å². The van der Waals surface area contributed by atoms with Crippen LogP contribution in [0.5, 0.6) is 0 Å². The van der Waals surface area contributed by atoms with Gasteiger partial charge in [0.2, 0.25) is 0 Å². The van der Waals surface area contributed by atoms with Crippen molar-refractivity contribution in [3.63, 3.8) is 0 Å². The fraction of sp³-hybridized carbons (Fsp3) is 0.583. The highest BCUT2D eigenvalue weighted by Gasteiger charge is 2.33. The smallest absolute Gasteiger partial charge is 0.270 e. The van der Waals surface area contributed by atoms with Crippen molar-refractivity contribution < 1.29 is 4.79 Å². The lowest BCUT2D eigenvalue weighted by Crippen LogP contribution is -2.40. The normalized spacial score (nSPS) is 20.3. The second-order valence-electron chi connectivity index (χ2n) is 8.63. The maximum absolute atomic E-state index is 13.1. The summed E-state index contributed by atoms with van der Waals surface area (Å²) in [6, 6.07) is 2.10. The fourth-order valence-electron chi connectivity index (χ4n) is 4.50. The zero-order valence-electron chi connectivity index (χ0n) is 19.4. The van der Waals surface area contributed by atoms with Crippen LogP contribution in [-0.4, -0.2) is 39.3 Å². The molecular formula is C24H32N4O2S2. The van der Waals surface area contributed by atoms with Crippen LogP contribution < -0.4 is 10.5 Å². The molecule has 1 aromatic rings. The van der Waals surface area contributed by atoms with Crippen molar-refractivity contribution in [2.45, 2.75) is 66.3 Å². The fourth-order valence-corrected chi connectivity index (χ4v) is 5.79. The number of hydrogen-bond acceptors (Lipinski definition) is 6. The number of piperidine rings is 1. The Morgan fingerprint density at radius 2 is 2.03 bits per heavy atom. The third-order valence-corrected chi connectivity index (χ3v) is 7.63. The number of rotatable bonds is 7. The molecule has 0 aliphatic carbocycles. The number of carbonyl (C=O) groups excluding carboxylic acids is 1. The quantitative estimate of drug-likeness (QED) is 0.326. The van der Waals surface area contributed by atoms with Crippen LogP contribution in [0.25, 0.3) is 6.08 Å². The van der Waals surface area contributed by atoms with Crippen LogP contribution in [0.4, 0.5) is 5.82 Å². The highest BCUT2D eigenvalue weighted by molar-refractivity contribution is 8.26. The summed E-state index contributed by atoms with van der Waals surface area (Å²) in [5, 5.41) is 9.71. The van der Waals surface area contributed by atoms with Gasteiger partial charge in [-0.15, -0.1) is 0 Å². The number of amides is 1. The second-order valence-corrected chi connectivity index (χ2v) is 10.3. The number of hydrogen-bond donors (Lipinski definition) is 0. The lowest BCUT2D eigenvalue weighted by Gasteiger charge is -2.35. The summed E-state index contributed by atoms with van der Waals surface area (Å²) in [6.07, 6.45) is 7.13. The van der Waals surface area contributed by atoms with E-state index in [0.717, 1.165) is 56.6 Å². The number of carbonyl (C=O) groups is 1. The van der Waals surface area contributed by atoms with E-state index in [2.05, 4.69) is 24.8 Å². The van der Waals surface area contributed by atoms with Crippen molar-refractivity contribution in [3.8, 4) is 6.07 Å². The number of thioether (sulfide) groups is 1. The number of nitriles is 1. The Balaban J connectivity index is 2.13. The summed E-state index contributed by atoms with van der Waals surface area (Å²) in [6.45, 7) is 10.9. The summed E-state index contributed by atoms with van der Waals surface area (Å²) in [4.78, 5) is 30.7. The van der Waals surface area contributed by atoms with Gasteiger partial charge in [-0.3, -0.25) is 19.1 Å². The van der Waals surface area contributed by atoms with Gasteiger partial charge in [0.05, 0.1) is 4.91 Å². The first-order chi connectivity index (χ1) is 15.3. The van der Waals surface area contributed by atoms with E-state index in [4.69, 9.17) is 12.2 Å². The molecule has 1 amide bonds. The van der Waals surface area contributed by atoms with Crippen LogP contribution in [0, 0.1) is 24.2 Å². The molecule has 1 atom stereocenters. The molecule has 172 valence electrons. The van der Waals surface area contributed by atoms with E-state index in [0.29, 0.717) is 33.8 Å². The lowest BCUT2D eigenvalue weighted by atomic mass is 9.98. The minimum Gasteiger partial charge on any atom is -0.357 e. The number of aromatic nitrogens is 1. The number of pyridine rings is 1. The standard InChI is InChI=1S/C24H32N4O2S2/c1-5-7-8-12-28-23(30)20(32-24(28)31)13-18-17(4)19(14-25)22(29)27(6-2)21(18)26-11-9-10-16(3)15-26/h13,16H,5-12,15H2,1-4H3/b20-13-. The van der Waals surface area contributed by atoms with Gasteiger partial charge in [0.1, 0.15) is 21.8 Å². The van der Waals surface area contributed by atoms with Crippen molar-refractivity contribution in [1.82, 2.24) is 9.47 Å². The third-order valence-electron chi connectivity index (χ3n) is 6.25. The van der Waals surface area contributed by atoms with E-state index in [1.165, 1.54) is 11.8 Å². The first kappa shape index (κ1) is 24.5. The highest BCUT2D eigenvalue weighted by atomic mass is 32.2. The van der Waals surface area contributed by atoms with Crippen LogP contribution in [0.1, 0.15) is 69.6 Å². The molecule has 6 nitrogen and oxygen atoms in total. The third kappa shape index (κ3) is 4.79. The molecular weight excluding hydrogens is 440 g/mol. The van der Waals surface area contributed by atoms with Gasteiger partial charge in [0.15, 0.2) is 0 Å². The molecule has 0 bridgehead atoms. The molecule has 8 heteroatoms.